The molecule has 5 heteroatoms. The molecule has 1 heterocycles. The number of nitrogens with zero attached hydrogens (tertiary/aromatic N) is 1. The van der Waals surface area contributed by atoms with E-state index in [2.05, 4.69) is 5.32 Å². The molecule has 5 nitrogen and oxygen atoms in total. The van der Waals surface area contributed by atoms with Gasteiger partial charge in [0.1, 0.15) is 0 Å². The molecule has 3 rings (SSSR count). The number of benzene rings is 2. The summed E-state index contributed by atoms with van der Waals surface area (Å²) >= 11 is 0. The molecule has 2 aromatic rings. The third-order valence-electron chi connectivity index (χ3n) is 3.50. The van der Waals surface area contributed by atoms with E-state index in [0.29, 0.717) is 28.2 Å². The Hall–Kier alpha value is -2.79. The molecule has 1 aliphatic rings. The van der Waals surface area contributed by atoms with Crippen LogP contribution in [-0.2, 0) is 0 Å². The lowest BCUT2D eigenvalue weighted by atomic mass is 9.97. The fourth-order valence-corrected chi connectivity index (χ4v) is 2.56. The molecule has 0 spiro atoms. The monoisotopic (exact) mass is 280 g/mol. The second-order valence-corrected chi connectivity index (χ2v) is 4.92. The quantitative estimate of drug-likeness (QED) is 0.549. The Balaban J connectivity index is 2.38. The Bertz CT molecular complexity index is 749. The van der Waals surface area contributed by atoms with Gasteiger partial charge in [-0.3, -0.25) is 4.79 Å². The minimum atomic E-state index is -0.181. The molecule has 5 N–H and O–H groups in total. The Morgan fingerprint density at radius 3 is 2.19 bits per heavy atom. The zero-order valence-electron chi connectivity index (χ0n) is 11.6. The van der Waals surface area contributed by atoms with Crippen molar-refractivity contribution < 1.29 is 4.79 Å². The highest BCUT2D eigenvalue weighted by Gasteiger charge is 2.23. The number of carbonyl (C=O) groups is 1. The van der Waals surface area contributed by atoms with E-state index in [1.807, 2.05) is 42.5 Å². The van der Waals surface area contributed by atoms with Crippen LogP contribution in [0.5, 0.6) is 0 Å². The van der Waals surface area contributed by atoms with Gasteiger partial charge in [-0.05, 0) is 12.1 Å². The van der Waals surface area contributed by atoms with Crippen molar-refractivity contribution in [1.82, 2.24) is 5.01 Å². The van der Waals surface area contributed by atoms with Crippen molar-refractivity contribution in [2.45, 2.75) is 0 Å². The summed E-state index contributed by atoms with van der Waals surface area (Å²) in [4.78, 5) is 12.4. The number of fused-ring (bicyclic) bond motifs is 2. The summed E-state index contributed by atoms with van der Waals surface area (Å²) in [5.74, 6) is 5.79. The number of nitrogens with one attached hydrogen (secondary N) is 1. The van der Waals surface area contributed by atoms with Crippen LogP contribution in [0.4, 0.5) is 5.69 Å². The van der Waals surface area contributed by atoms with Crippen LogP contribution in [0.3, 0.4) is 0 Å². The molecule has 0 unspecified atom stereocenters. The van der Waals surface area contributed by atoms with Crippen molar-refractivity contribution in [1.29, 1.82) is 0 Å². The van der Waals surface area contributed by atoms with Gasteiger partial charge in [0, 0.05) is 23.7 Å². The minimum Gasteiger partial charge on any atom is -0.396 e. The van der Waals surface area contributed by atoms with Crippen molar-refractivity contribution in [3.05, 3.63) is 65.2 Å². The van der Waals surface area contributed by atoms with E-state index < -0.39 is 0 Å². The standard InChI is InChI=1S/C16H16N4O/c1-20(18)15-12-8-4-5-9-13(12)19-16(21)11-7-3-2-6-10(11)14(15)17/h2-9H,17-18H2,1H3,(H,19,21). The van der Waals surface area contributed by atoms with Crippen molar-refractivity contribution >= 4 is 23.0 Å². The van der Waals surface area contributed by atoms with Crippen LogP contribution in [0.2, 0.25) is 0 Å². The predicted molar refractivity (Wildman–Crippen MR) is 83.8 cm³/mol. The molecule has 0 bridgehead atoms. The summed E-state index contributed by atoms with van der Waals surface area (Å²) in [5, 5.41) is 4.39. The minimum absolute atomic E-state index is 0.181. The molecule has 0 aliphatic carbocycles. The number of hydrazine groups is 1. The fourth-order valence-electron chi connectivity index (χ4n) is 2.56. The lowest BCUT2D eigenvalue weighted by Gasteiger charge is -2.25. The molecule has 1 amide bonds. The molecule has 106 valence electrons. The lowest BCUT2D eigenvalue weighted by molar-refractivity contribution is 0.102. The Morgan fingerprint density at radius 1 is 0.952 bits per heavy atom. The first kappa shape index (κ1) is 13.2. The molecule has 0 atom stereocenters. The summed E-state index contributed by atoms with van der Waals surface area (Å²) in [5.41, 5.74) is 10.2. The van der Waals surface area contributed by atoms with Gasteiger partial charge in [0.15, 0.2) is 0 Å². The van der Waals surface area contributed by atoms with E-state index in [1.54, 1.807) is 13.1 Å². The first-order valence-corrected chi connectivity index (χ1v) is 6.58. The predicted octanol–water partition coefficient (Wildman–Crippen LogP) is 1.84. The number of hydrogen-bond donors (Lipinski definition) is 3. The number of hydrogen-bond acceptors (Lipinski definition) is 4. The van der Waals surface area contributed by atoms with Crippen LogP contribution in [0.1, 0.15) is 21.5 Å². The largest absolute Gasteiger partial charge is 0.396 e. The van der Waals surface area contributed by atoms with Gasteiger partial charge in [-0.1, -0.05) is 36.4 Å². The van der Waals surface area contributed by atoms with Crippen molar-refractivity contribution in [2.75, 3.05) is 12.4 Å². The summed E-state index contributed by atoms with van der Waals surface area (Å²) in [6.45, 7) is 0. The van der Waals surface area contributed by atoms with Gasteiger partial charge >= 0.3 is 0 Å². The number of para-hydroxylation sites is 1. The van der Waals surface area contributed by atoms with Gasteiger partial charge in [-0.2, -0.15) is 0 Å². The van der Waals surface area contributed by atoms with Crippen LogP contribution < -0.4 is 16.9 Å². The maximum Gasteiger partial charge on any atom is 0.256 e. The molecule has 0 saturated carbocycles. The molecule has 0 radical (unpaired) electrons. The van der Waals surface area contributed by atoms with Crippen LogP contribution in [0.25, 0.3) is 11.4 Å². The van der Waals surface area contributed by atoms with Gasteiger partial charge in [-0.25, -0.2) is 5.84 Å². The highest BCUT2D eigenvalue weighted by molar-refractivity contribution is 6.12. The van der Waals surface area contributed by atoms with Crippen molar-refractivity contribution in [3.8, 4) is 0 Å². The van der Waals surface area contributed by atoms with Gasteiger partial charge in [0.25, 0.3) is 5.91 Å². The summed E-state index contributed by atoms with van der Waals surface area (Å²) < 4.78 is 0. The number of amides is 1. The first-order chi connectivity index (χ1) is 10.1. The SMILES string of the molecule is CN(N)/C1=C(\N)c2ccccc2C(=O)Nc2ccccc21. The lowest BCUT2D eigenvalue weighted by Crippen LogP contribution is -2.29. The Labute approximate surface area is 122 Å². The second-order valence-electron chi connectivity index (χ2n) is 4.92. The number of carbonyl (C=O) groups excluding carboxylic acids is 1. The second kappa shape index (κ2) is 4.96. The van der Waals surface area contributed by atoms with Crippen molar-refractivity contribution in [3.63, 3.8) is 0 Å². The highest BCUT2D eigenvalue weighted by atomic mass is 16.1. The van der Waals surface area contributed by atoms with Gasteiger partial charge < -0.3 is 16.1 Å². The van der Waals surface area contributed by atoms with Crippen LogP contribution in [0.15, 0.2) is 48.5 Å². The molecule has 21 heavy (non-hydrogen) atoms. The molecular formula is C16H16N4O. The van der Waals surface area contributed by atoms with E-state index in [-0.39, 0.29) is 5.91 Å². The zero-order valence-corrected chi connectivity index (χ0v) is 11.6. The normalized spacial score (nSPS) is 17.1. The number of anilines is 1. The Morgan fingerprint density at radius 2 is 1.52 bits per heavy atom. The summed E-state index contributed by atoms with van der Waals surface area (Å²) in [7, 11) is 1.73. The Kier molecular flexibility index (Phi) is 3.12. The number of rotatable bonds is 1. The molecule has 0 fully saturated rings. The van der Waals surface area contributed by atoms with Crippen LogP contribution >= 0.6 is 0 Å². The smallest absolute Gasteiger partial charge is 0.256 e. The third-order valence-corrected chi connectivity index (χ3v) is 3.50. The maximum absolute atomic E-state index is 12.4. The van der Waals surface area contributed by atoms with E-state index in [4.69, 9.17) is 11.6 Å². The van der Waals surface area contributed by atoms with Gasteiger partial charge in [0.05, 0.1) is 17.1 Å². The fraction of sp³-hybridized carbons (Fsp3) is 0.0625. The summed E-state index contributed by atoms with van der Waals surface area (Å²) in [6, 6.07) is 14.7. The zero-order chi connectivity index (χ0) is 15.0. The topological polar surface area (TPSA) is 84.4 Å². The first-order valence-electron chi connectivity index (χ1n) is 6.58. The maximum atomic E-state index is 12.4. The average Bonchev–Trinajstić information content (AvgIpc) is 2.47. The highest BCUT2D eigenvalue weighted by Crippen LogP contribution is 2.33. The molecule has 0 saturated heterocycles. The van der Waals surface area contributed by atoms with Crippen molar-refractivity contribution in [2.24, 2.45) is 11.6 Å². The third kappa shape index (κ3) is 2.13. The molecule has 0 aromatic heterocycles. The number of nitrogens with two attached hydrogens (primary N) is 2. The van der Waals surface area contributed by atoms with E-state index in [1.165, 1.54) is 5.01 Å². The van der Waals surface area contributed by atoms with Gasteiger partial charge in [-0.15, -0.1) is 0 Å². The van der Waals surface area contributed by atoms with Crippen LogP contribution in [-0.4, -0.2) is 18.0 Å². The molecule has 1 aliphatic heterocycles. The summed E-state index contributed by atoms with van der Waals surface area (Å²) in [6.07, 6.45) is 0. The van der Waals surface area contributed by atoms with Crippen LogP contribution in [0, 0.1) is 0 Å². The van der Waals surface area contributed by atoms with E-state index in [9.17, 15) is 4.79 Å². The molecular weight excluding hydrogens is 264 g/mol. The average molecular weight is 280 g/mol. The molecule has 2 aromatic carbocycles. The van der Waals surface area contributed by atoms with E-state index in [0.717, 1.165) is 5.56 Å². The van der Waals surface area contributed by atoms with E-state index >= 15 is 0 Å². The van der Waals surface area contributed by atoms with Gasteiger partial charge in [0.2, 0.25) is 0 Å².